The zero-order valence-corrected chi connectivity index (χ0v) is 19.0. The highest BCUT2D eigenvalue weighted by Gasteiger charge is 2.39. The third kappa shape index (κ3) is 5.61. The van der Waals surface area contributed by atoms with Crippen molar-refractivity contribution in [3.8, 4) is 11.5 Å². The maximum atomic E-state index is 6.02. The van der Waals surface area contributed by atoms with Crippen LogP contribution in [0.3, 0.4) is 0 Å². The molecule has 0 radical (unpaired) electrons. The summed E-state index contributed by atoms with van der Waals surface area (Å²) in [5.41, 5.74) is 2.43. The van der Waals surface area contributed by atoms with Crippen molar-refractivity contribution in [2.45, 2.75) is 70.0 Å². The Hall–Kier alpha value is -2.04. The highest BCUT2D eigenvalue weighted by atomic mass is 16.5. The Labute approximate surface area is 186 Å². The second-order valence-corrected chi connectivity index (χ2v) is 8.98. The molecular formula is C27H36O4. The zero-order valence-electron chi connectivity index (χ0n) is 19.0. The van der Waals surface area contributed by atoms with Crippen molar-refractivity contribution in [2.75, 3.05) is 26.4 Å². The van der Waals surface area contributed by atoms with Crippen LogP contribution < -0.4 is 9.47 Å². The molecule has 2 aromatic carbocycles. The fraction of sp³-hybridized carbons (Fsp3) is 0.556. The van der Waals surface area contributed by atoms with Crippen molar-refractivity contribution >= 4 is 0 Å². The molecule has 0 heterocycles. The highest BCUT2D eigenvalue weighted by molar-refractivity contribution is 5.34. The minimum Gasteiger partial charge on any atom is -0.491 e. The fourth-order valence-corrected chi connectivity index (χ4v) is 4.49. The van der Waals surface area contributed by atoms with E-state index in [4.69, 9.17) is 18.9 Å². The summed E-state index contributed by atoms with van der Waals surface area (Å²) >= 11 is 0. The van der Waals surface area contributed by atoms with E-state index in [9.17, 15) is 0 Å². The molecular weight excluding hydrogens is 388 g/mol. The topological polar surface area (TPSA) is 36.9 Å². The molecule has 0 saturated heterocycles. The third-order valence-corrected chi connectivity index (χ3v) is 6.69. The molecule has 0 amide bonds. The van der Waals surface area contributed by atoms with Gasteiger partial charge < -0.3 is 18.9 Å². The molecule has 2 aromatic rings. The average Bonchev–Trinajstić information content (AvgIpc) is 2.74. The van der Waals surface area contributed by atoms with Gasteiger partial charge in [-0.15, -0.1) is 0 Å². The Morgan fingerprint density at radius 1 is 0.613 bits per heavy atom. The van der Waals surface area contributed by atoms with Crippen LogP contribution in [0.15, 0.2) is 48.5 Å². The van der Waals surface area contributed by atoms with Crippen molar-refractivity contribution in [1.82, 2.24) is 0 Å². The summed E-state index contributed by atoms with van der Waals surface area (Å²) in [6.45, 7) is 6.90. The summed E-state index contributed by atoms with van der Waals surface area (Å²) in [5, 5.41) is 0. The highest BCUT2D eigenvalue weighted by Crippen LogP contribution is 2.37. The molecule has 0 bridgehead atoms. The minimum atomic E-state index is -0.0574. The molecule has 0 N–H and O–H groups in total. The molecule has 2 saturated carbocycles. The van der Waals surface area contributed by atoms with Crippen molar-refractivity contribution in [2.24, 2.45) is 0 Å². The summed E-state index contributed by atoms with van der Waals surface area (Å²) < 4.78 is 23.9. The van der Waals surface area contributed by atoms with Crippen LogP contribution in [0.5, 0.6) is 11.5 Å². The van der Waals surface area contributed by atoms with Gasteiger partial charge in [0.05, 0.1) is 0 Å². The summed E-state index contributed by atoms with van der Waals surface area (Å²) in [6, 6.07) is 16.9. The Kier molecular flexibility index (Phi) is 7.19. The minimum absolute atomic E-state index is 0.0574. The van der Waals surface area contributed by atoms with Gasteiger partial charge in [-0.25, -0.2) is 0 Å². The van der Waals surface area contributed by atoms with Crippen molar-refractivity contribution < 1.29 is 18.9 Å². The van der Waals surface area contributed by atoms with E-state index in [2.05, 4.69) is 62.4 Å². The van der Waals surface area contributed by atoms with E-state index < -0.39 is 0 Å². The first-order chi connectivity index (χ1) is 15.1. The monoisotopic (exact) mass is 424 g/mol. The quantitative estimate of drug-likeness (QED) is 0.422. The molecule has 0 atom stereocenters. The van der Waals surface area contributed by atoms with Crippen LogP contribution >= 0.6 is 0 Å². The Bertz CT molecular complexity index is 735. The standard InChI is InChI=1S/C27H36O4/c1-3-30-26(15-5-16-26)20-28-24-11-7-22(8-12-24)19-23-9-13-25(14-10-23)29-21-27(31-4-2)17-6-18-27/h7-14H,3-6,15-21H2,1-2H3. The van der Waals surface area contributed by atoms with Crippen LogP contribution in [0.25, 0.3) is 0 Å². The molecule has 4 heteroatoms. The van der Waals surface area contributed by atoms with Crippen molar-refractivity contribution in [1.29, 1.82) is 0 Å². The van der Waals surface area contributed by atoms with Gasteiger partial charge in [0, 0.05) is 13.2 Å². The average molecular weight is 425 g/mol. The molecule has 4 nitrogen and oxygen atoms in total. The van der Waals surface area contributed by atoms with Gasteiger partial charge in [-0.2, -0.15) is 0 Å². The number of ether oxygens (including phenoxy) is 4. The smallest absolute Gasteiger partial charge is 0.119 e. The lowest BCUT2D eigenvalue weighted by atomic mass is 9.80. The Balaban J connectivity index is 1.25. The van der Waals surface area contributed by atoms with Crippen LogP contribution in [0.2, 0.25) is 0 Å². The summed E-state index contributed by atoms with van der Waals surface area (Å²) in [6.07, 6.45) is 7.78. The number of hydrogen-bond acceptors (Lipinski definition) is 4. The van der Waals surface area contributed by atoms with E-state index in [1.807, 2.05) is 0 Å². The van der Waals surface area contributed by atoms with Gasteiger partial charge in [0.25, 0.3) is 0 Å². The van der Waals surface area contributed by atoms with E-state index in [-0.39, 0.29) is 11.2 Å². The first-order valence-electron chi connectivity index (χ1n) is 11.9. The lowest BCUT2D eigenvalue weighted by molar-refractivity contribution is -0.118. The van der Waals surface area contributed by atoms with Crippen molar-refractivity contribution in [3.05, 3.63) is 59.7 Å². The number of rotatable bonds is 12. The third-order valence-electron chi connectivity index (χ3n) is 6.69. The zero-order chi connectivity index (χ0) is 21.6. The van der Waals surface area contributed by atoms with E-state index in [1.165, 1.54) is 24.0 Å². The molecule has 0 unspecified atom stereocenters. The van der Waals surface area contributed by atoms with Gasteiger partial charge in [0.15, 0.2) is 0 Å². The van der Waals surface area contributed by atoms with E-state index >= 15 is 0 Å². The van der Waals surface area contributed by atoms with Gasteiger partial charge in [0.1, 0.15) is 35.9 Å². The van der Waals surface area contributed by atoms with Crippen molar-refractivity contribution in [3.63, 3.8) is 0 Å². The van der Waals surface area contributed by atoms with Crippen LogP contribution in [0.4, 0.5) is 0 Å². The van der Waals surface area contributed by atoms with Gasteiger partial charge in [0.2, 0.25) is 0 Å². The molecule has 0 spiro atoms. The van der Waals surface area contributed by atoms with E-state index in [1.54, 1.807) is 0 Å². The molecule has 0 aromatic heterocycles. The maximum absolute atomic E-state index is 6.02. The predicted molar refractivity (Wildman–Crippen MR) is 123 cm³/mol. The summed E-state index contributed by atoms with van der Waals surface area (Å²) in [4.78, 5) is 0. The molecule has 31 heavy (non-hydrogen) atoms. The normalized spacial score (nSPS) is 18.6. The molecule has 2 aliphatic rings. The predicted octanol–water partition coefficient (Wildman–Crippen LogP) is 5.95. The Morgan fingerprint density at radius 3 is 1.29 bits per heavy atom. The molecule has 2 fully saturated rings. The first-order valence-corrected chi connectivity index (χ1v) is 11.9. The lowest BCUT2D eigenvalue weighted by Gasteiger charge is -2.40. The number of hydrogen-bond donors (Lipinski definition) is 0. The van der Waals surface area contributed by atoms with Gasteiger partial charge in [-0.05, 0) is 94.2 Å². The first kappa shape index (κ1) is 22.2. The van der Waals surface area contributed by atoms with Crippen LogP contribution in [-0.4, -0.2) is 37.6 Å². The molecule has 0 aliphatic heterocycles. The maximum Gasteiger partial charge on any atom is 0.119 e. The van der Waals surface area contributed by atoms with Gasteiger partial charge >= 0.3 is 0 Å². The van der Waals surface area contributed by atoms with Crippen LogP contribution in [0, 0.1) is 0 Å². The summed E-state index contributed by atoms with van der Waals surface area (Å²) in [5.74, 6) is 1.83. The number of benzene rings is 2. The van der Waals surface area contributed by atoms with Gasteiger partial charge in [-0.3, -0.25) is 0 Å². The van der Waals surface area contributed by atoms with Crippen LogP contribution in [0.1, 0.15) is 63.5 Å². The van der Waals surface area contributed by atoms with Gasteiger partial charge in [-0.1, -0.05) is 24.3 Å². The molecule has 4 rings (SSSR count). The largest absolute Gasteiger partial charge is 0.491 e. The second kappa shape index (κ2) is 10.1. The molecule has 168 valence electrons. The van der Waals surface area contributed by atoms with E-state index in [0.29, 0.717) is 13.2 Å². The second-order valence-electron chi connectivity index (χ2n) is 8.98. The Morgan fingerprint density at radius 2 is 1.00 bits per heavy atom. The van der Waals surface area contributed by atoms with Crippen LogP contribution in [-0.2, 0) is 15.9 Å². The fourth-order valence-electron chi connectivity index (χ4n) is 4.49. The molecule has 2 aliphatic carbocycles. The SMILES string of the molecule is CCOC1(COc2ccc(Cc3ccc(OCC4(OCC)CCC4)cc3)cc2)CCC1. The van der Waals surface area contributed by atoms with E-state index in [0.717, 1.165) is 56.8 Å². The summed E-state index contributed by atoms with van der Waals surface area (Å²) in [7, 11) is 0. The lowest BCUT2D eigenvalue weighted by Crippen LogP contribution is -2.45.